The average molecular weight is 252 g/mol. The average Bonchev–Trinajstić information content (AvgIpc) is 2.33. The minimum Gasteiger partial charge on any atom is -0.493 e. The lowest BCUT2D eigenvalue weighted by atomic mass is 10.2. The molecule has 0 atom stereocenters. The molecule has 6 heteroatoms. The predicted octanol–water partition coefficient (Wildman–Crippen LogP) is 1.26. The van der Waals surface area contributed by atoms with Crippen LogP contribution in [0, 0.1) is 0 Å². The van der Waals surface area contributed by atoms with E-state index in [2.05, 4.69) is 0 Å². The number of carboxylic acids is 2. The van der Waals surface area contributed by atoms with Gasteiger partial charge in [-0.25, -0.2) is 9.59 Å². The van der Waals surface area contributed by atoms with Crippen LogP contribution in [-0.4, -0.2) is 35.9 Å². The van der Waals surface area contributed by atoms with Crippen LogP contribution in [0.2, 0.25) is 0 Å². The van der Waals surface area contributed by atoms with E-state index in [1.165, 1.54) is 19.3 Å². The van der Waals surface area contributed by atoms with Crippen molar-refractivity contribution in [1.29, 1.82) is 0 Å². The Hall–Kier alpha value is -2.50. The van der Waals surface area contributed by atoms with Crippen molar-refractivity contribution >= 4 is 18.0 Å². The Balaban J connectivity index is 2.93. The maximum Gasteiger partial charge on any atom is 0.341 e. The zero-order valence-electron chi connectivity index (χ0n) is 9.62. The molecule has 0 aromatic heterocycles. The van der Waals surface area contributed by atoms with Crippen LogP contribution in [0.4, 0.5) is 0 Å². The second kappa shape index (κ2) is 6.29. The van der Waals surface area contributed by atoms with E-state index in [1.807, 2.05) is 0 Å². The first-order chi connectivity index (χ1) is 8.52. The lowest BCUT2D eigenvalue weighted by molar-refractivity contribution is -0.139. The number of aliphatic carboxylic acids is 2. The molecule has 0 spiro atoms. The number of methoxy groups -OCH3 is 1. The summed E-state index contributed by atoms with van der Waals surface area (Å²) in [5.41, 5.74) is 0.568. The van der Waals surface area contributed by atoms with Crippen molar-refractivity contribution in [3.8, 4) is 11.5 Å². The van der Waals surface area contributed by atoms with Crippen molar-refractivity contribution in [1.82, 2.24) is 0 Å². The number of rotatable bonds is 6. The van der Waals surface area contributed by atoms with Crippen molar-refractivity contribution in [2.45, 2.75) is 0 Å². The Kier molecular flexibility index (Phi) is 4.74. The summed E-state index contributed by atoms with van der Waals surface area (Å²) in [6, 6.07) is 4.70. The highest BCUT2D eigenvalue weighted by Crippen LogP contribution is 2.28. The van der Waals surface area contributed by atoms with E-state index in [9.17, 15) is 9.59 Å². The molecule has 0 aliphatic heterocycles. The van der Waals surface area contributed by atoms with Gasteiger partial charge in [0, 0.05) is 6.08 Å². The van der Waals surface area contributed by atoms with Crippen molar-refractivity contribution in [3.05, 3.63) is 29.8 Å². The summed E-state index contributed by atoms with van der Waals surface area (Å²) in [7, 11) is 1.43. The first-order valence-corrected chi connectivity index (χ1v) is 4.96. The molecule has 1 aromatic rings. The van der Waals surface area contributed by atoms with E-state index in [4.69, 9.17) is 19.7 Å². The molecular weight excluding hydrogens is 240 g/mol. The minimum absolute atomic E-state index is 0.243. The van der Waals surface area contributed by atoms with Crippen LogP contribution in [0.5, 0.6) is 11.5 Å². The Labute approximate surface area is 103 Å². The fraction of sp³-hybridized carbons (Fsp3) is 0.167. The van der Waals surface area contributed by atoms with Gasteiger partial charge in [0.1, 0.15) is 0 Å². The number of benzene rings is 1. The highest BCUT2D eigenvalue weighted by atomic mass is 16.5. The number of ether oxygens (including phenoxy) is 2. The van der Waals surface area contributed by atoms with Gasteiger partial charge in [-0.2, -0.15) is 0 Å². The van der Waals surface area contributed by atoms with Gasteiger partial charge in [-0.3, -0.25) is 0 Å². The third kappa shape index (κ3) is 4.17. The molecule has 2 N–H and O–H groups in total. The van der Waals surface area contributed by atoms with Gasteiger partial charge in [0.05, 0.1) is 7.11 Å². The smallest absolute Gasteiger partial charge is 0.341 e. The standard InChI is InChI=1S/C12H12O6/c1-17-9-4-2-8(3-5-11(13)14)6-10(9)18-7-12(15)16/h2-6H,7H2,1H3,(H,13,14)(H,15,16)/b5-3+. The fourth-order valence-electron chi connectivity index (χ4n) is 1.22. The van der Waals surface area contributed by atoms with E-state index in [0.717, 1.165) is 6.08 Å². The molecule has 18 heavy (non-hydrogen) atoms. The molecule has 0 saturated heterocycles. The molecule has 0 aliphatic carbocycles. The second-order valence-corrected chi connectivity index (χ2v) is 3.26. The van der Waals surface area contributed by atoms with Crippen LogP contribution in [0.1, 0.15) is 5.56 Å². The Morgan fingerprint density at radius 3 is 2.56 bits per heavy atom. The quantitative estimate of drug-likeness (QED) is 0.740. The van der Waals surface area contributed by atoms with E-state index in [0.29, 0.717) is 11.3 Å². The van der Waals surface area contributed by atoms with Crippen molar-refractivity contribution in [3.63, 3.8) is 0 Å². The van der Waals surface area contributed by atoms with Crippen molar-refractivity contribution in [2.75, 3.05) is 13.7 Å². The molecular formula is C12H12O6. The summed E-state index contributed by atoms with van der Waals surface area (Å²) in [5, 5.41) is 17.0. The van der Waals surface area contributed by atoms with Crippen LogP contribution in [0.3, 0.4) is 0 Å². The largest absolute Gasteiger partial charge is 0.493 e. The maximum absolute atomic E-state index is 10.4. The number of hydrogen-bond donors (Lipinski definition) is 2. The van der Waals surface area contributed by atoms with Crippen LogP contribution in [0.25, 0.3) is 6.08 Å². The van der Waals surface area contributed by atoms with E-state index >= 15 is 0 Å². The predicted molar refractivity (Wildman–Crippen MR) is 62.8 cm³/mol. The molecule has 0 unspecified atom stereocenters. The van der Waals surface area contributed by atoms with Gasteiger partial charge in [0.15, 0.2) is 18.1 Å². The summed E-state index contributed by atoms with van der Waals surface area (Å²) in [4.78, 5) is 20.8. The third-order valence-electron chi connectivity index (χ3n) is 1.96. The molecule has 96 valence electrons. The van der Waals surface area contributed by atoms with Crippen LogP contribution in [0.15, 0.2) is 24.3 Å². The van der Waals surface area contributed by atoms with Gasteiger partial charge in [0.2, 0.25) is 0 Å². The highest BCUT2D eigenvalue weighted by Gasteiger charge is 2.07. The van der Waals surface area contributed by atoms with Gasteiger partial charge in [-0.1, -0.05) is 6.07 Å². The molecule has 6 nitrogen and oxygen atoms in total. The maximum atomic E-state index is 10.4. The SMILES string of the molecule is COc1ccc(/C=C/C(=O)O)cc1OCC(=O)O. The van der Waals surface area contributed by atoms with Gasteiger partial charge in [-0.15, -0.1) is 0 Å². The number of carbonyl (C=O) groups is 2. The molecule has 0 fully saturated rings. The zero-order chi connectivity index (χ0) is 13.5. The molecule has 0 heterocycles. The molecule has 0 bridgehead atoms. The van der Waals surface area contributed by atoms with Gasteiger partial charge in [0.25, 0.3) is 0 Å². The highest BCUT2D eigenvalue weighted by molar-refractivity contribution is 5.85. The first kappa shape index (κ1) is 13.6. The Morgan fingerprint density at radius 2 is 2.00 bits per heavy atom. The molecule has 1 rings (SSSR count). The third-order valence-corrected chi connectivity index (χ3v) is 1.96. The molecule has 0 radical (unpaired) electrons. The van der Waals surface area contributed by atoms with Crippen LogP contribution >= 0.6 is 0 Å². The fourth-order valence-corrected chi connectivity index (χ4v) is 1.22. The summed E-state index contributed by atoms with van der Waals surface area (Å²) in [5.74, 6) is -1.56. The van der Waals surface area contributed by atoms with Crippen LogP contribution < -0.4 is 9.47 Å². The van der Waals surface area contributed by atoms with E-state index < -0.39 is 18.5 Å². The molecule has 0 aliphatic rings. The number of carboxylic acid groups (broad SMARTS) is 2. The van der Waals surface area contributed by atoms with E-state index in [-0.39, 0.29) is 5.75 Å². The first-order valence-electron chi connectivity index (χ1n) is 4.96. The summed E-state index contributed by atoms with van der Waals surface area (Å²) >= 11 is 0. The van der Waals surface area contributed by atoms with Gasteiger partial charge < -0.3 is 19.7 Å². The van der Waals surface area contributed by atoms with Crippen molar-refractivity contribution < 1.29 is 29.3 Å². The van der Waals surface area contributed by atoms with E-state index in [1.54, 1.807) is 12.1 Å². The molecule has 0 saturated carbocycles. The van der Waals surface area contributed by atoms with Gasteiger partial charge in [-0.05, 0) is 23.8 Å². The molecule has 0 amide bonds. The Morgan fingerprint density at radius 1 is 1.28 bits per heavy atom. The summed E-state index contributed by atoms with van der Waals surface area (Å²) < 4.78 is 10.0. The minimum atomic E-state index is -1.11. The summed E-state index contributed by atoms with van der Waals surface area (Å²) in [6.45, 7) is -0.498. The Bertz CT molecular complexity index is 477. The second-order valence-electron chi connectivity index (χ2n) is 3.26. The lowest BCUT2D eigenvalue weighted by Gasteiger charge is -2.09. The topological polar surface area (TPSA) is 93.1 Å². The van der Waals surface area contributed by atoms with Crippen LogP contribution in [-0.2, 0) is 9.59 Å². The monoisotopic (exact) mass is 252 g/mol. The summed E-state index contributed by atoms with van der Waals surface area (Å²) in [6.07, 6.45) is 2.35. The molecule has 1 aromatic carbocycles. The van der Waals surface area contributed by atoms with Gasteiger partial charge >= 0.3 is 11.9 Å². The zero-order valence-corrected chi connectivity index (χ0v) is 9.62. The lowest BCUT2D eigenvalue weighted by Crippen LogP contribution is -2.10. The normalized spacial score (nSPS) is 10.3. The number of hydrogen-bond acceptors (Lipinski definition) is 4. The van der Waals surface area contributed by atoms with Crippen molar-refractivity contribution in [2.24, 2.45) is 0 Å².